The standard InChI is InChI=1S/C27H30N4O2/c1-17-5-6-20(19-7-10-22(32)11-8-19)15-24-26(17)30-27(18(2)29-24)23-12-9-21(16-25(23)33-3)31-14-4-13-28-31/h4-5,7,9,12-14,16,20,22,32H,6,8,10-11,15H2,1-3H3. The van der Waals surface area contributed by atoms with E-state index in [1.807, 2.05) is 42.1 Å². The summed E-state index contributed by atoms with van der Waals surface area (Å²) in [6.45, 7) is 4.16. The summed E-state index contributed by atoms with van der Waals surface area (Å²) in [6, 6.07) is 7.95. The number of aliphatic hydroxyl groups is 1. The van der Waals surface area contributed by atoms with Crippen LogP contribution in [-0.4, -0.2) is 38.1 Å². The maximum Gasteiger partial charge on any atom is 0.130 e. The Kier molecular flexibility index (Phi) is 5.85. The van der Waals surface area contributed by atoms with E-state index in [9.17, 15) is 5.11 Å². The van der Waals surface area contributed by atoms with Crippen molar-refractivity contribution in [2.75, 3.05) is 7.11 Å². The van der Waals surface area contributed by atoms with E-state index >= 15 is 0 Å². The van der Waals surface area contributed by atoms with Gasteiger partial charge in [0.1, 0.15) is 5.75 Å². The van der Waals surface area contributed by atoms with Crippen molar-refractivity contribution in [3.8, 4) is 22.7 Å². The summed E-state index contributed by atoms with van der Waals surface area (Å²) < 4.78 is 7.56. The van der Waals surface area contributed by atoms with Crippen LogP contribution in [0.5, 0.6) is 5.75 Å². The Bertz CT molecular complexity index is 1230. The van der Waals surface area contributed by atoms with Gasteiger partial charge in [-0.15, -0.1) is 0 Å². The molecule has 2 atom stereocenters. The highest BCUT2D eigenvalue weighted by molar-refractivity contribution is 5.73. The zero-order valence-corrected chi connectivity index (χ0v) is 19.5. The van der Waals surface area contributed by atoms with Crippen LogP contribution in [0.1, 0.15) is 49.7 Å². The number of aliphatic hydroxyl groups excluding tert-OH is 1. The number of fused-ring (bicyclic) bond motifs is 1. The number of aromatic nitrogens is 4. The summed E-state index contributed by atoms with van der Waals surface area (Å²) in [6.07, 6.45) is 12.5. The summed E-state index contributed by atoms with van der Waals surface area (Å²) in [5, 5.41) is 14.2. The van der Waals surface area contributed by atoms with E-state index in [0.717, 1.165) is 71.9 Å². The highest BCUT2D eigenvalue weighted by Crippen LogP contribution is 2.37. The molecule has 1 N–H and O–H groups in total. The summed E-state index contributed by atoms with van der Waals surface area (Å²) in [7, 11) is 1.68. The Labute approximate surface area is 194 Å². The van der Waals surface area contributed by atoms with Gasteiger partial charge in [-0.25, -0.2) is 9.67 Å². The molecule has 0 saturated carbocycles. The SMILES string of the molecule is COc1cc(-n2cccn2)ccc1-c1nc2c(nc1C)CC(C1=CCC(O)CC1)CC=C2C. The third-order valence-corrected chi connectivity index (χ3v) is 6.82. The van der Waals surface area contributed by atoms with Crippen LogP contribution in [0.25, 0.3) is 22.5 Å². The summed E-state index contributed by atoms with van der Waals surface area (Å²) in [4.78, 5) is 10.2. The molecule has 0 spiro atoms. The molecule has 2 heterocycles. The van der Waals surface area contributed by atoms with Crippen molar-refractivity contribution in [2.24, 2.45) is 5.92 Å². The molecule has 2 aliphatic carbocycles. The monoisotopic (exact) mass is 442 g/mol. The van der Waals surface area contributed by atoms with E-state index in [-0.39, 0.29) is 6.10 Å². The van der Waals surface area contributed by atoms with E-state index in [4.69, 9.17) is 14.7 Å². The maximum atomic E-state index is 9.88. The Morgan fingerprint density at radius 2 is 1.97 bits per heavy atom. The fourth-order valence-electron chi connectivity index (χ4n) is 4.94. The summed E-state index contributed by atoms with van der Waals surface area (Å²) in [5.74, 6) is 1.18. The van der Waals surface area contributed by atoms with Gasteiger partial charge in [-0.1, -0.05) is 17.7 Å². The lowest BCUT2D eigenvalue weighted by Gasteiger charge is -2.24. The van der Waals surface area contributed by atoms with Crippen molar-refractivity contribution in [3.63, 3.8) is 0 Å². The predicted molar refractivity (Wildman–Crippen MR) is 129 cm³/mol. The number of ether oxygens (including phenoxy) is 1. The molecule has 170 valence electrons. The normalized spacial score (nSPS) is 20.5. The molecule has 6 nitrogen and oxygen atoms in total. The Balaban J connectivity index is 1.52. The van der Waals surface area contributed by atoms with Gasteiger partial charge in [-0.2, -0.15) is 5.10 Å². The first-order valence-electron chi connectivity index (χ1n) is 11.6. The van der Waals surface area contributed by atoms with Crippen molar-refractivity contribution < 1.29 is 9.84 Å². The van der Waals surface area contributed by atoms with Crippen LogP contribution in [-0.2, 0) is 6.42 Å². The Hall–Kier alpha value is -3.25. The fourth-order valence-corrected chi connectivity index (χ4v) is 4.94. The molecule has 0 radical (unpaired) electrons. The Morgan fingerprint density at radius 3 is 2.70 bits per heavy atom. The molecule has 3 aromatic rings. The van der Waals surface area contributed by atoms with Crippen LogP contribution < -0.4 is 4.74 Å². The van der Waals surface area contributed by atoms with Crippen molar-refractivity contribution >= 4 is 5.57 Å². The number of benzene rings is 1. The van der Waals surface area contributed by atoms with Crippen LogP contribution in [0.4, 0.5) is 0 Å². The van der Waals surface area contributed by atoms with Gasteiger partial charge in [0.15, 0.2) is 0 Å². The second kappa shape index (κ2) is 8.94. The van der Waals surface area contributed by atoms with E-state index in [1.54, 1.807) is 13.3 Å². The second-order valence-electron chi connectivity index (χ2n) is 9.02. The first-order chi connectivity index (χ1) is 16.0. The molecule has 0 saturated heterocycles. The molecular weight excluding hydrogens is 412 g/mol. The van der Waals surface area contributed by atoms with Crippen molar-refractivity contribution in [1.82, 2.24) is 19.7 Å². The largest absolute Gasteiger partial charge is 0.496 e. The van der Waals surface area contributed by atoms with Gasteiger partial charge >= 0.3 is 0 Å². The number of allylic oxidation sites excluding steroid dienone is 3. The molecule has 2 unspecified atom stereocenters. The zero-order valence-electron chi connectivity index (χ0n) is 19.5. The van der Waals surface area contributed by atoms with Gasteiger partial charge in [0.2, 0.25) is 0 Å². The minimum Gasteiger partial charge on any atom is -0.496 e. The van der Waals surface area contributed by atoms with Crippen LogP contribution in [0.3, 0.4) is 0 Å². The number of hydrogen-bond donors (Lipinski definition) is 1. The lowest BCUT2D eigenvalue weighted by Crippen LogP contribution is -2.17. The molecule has 1 aromatic carbocycles. The molecular formula is C27H30N4O2. The lowest BCUT2D eigenvalue weighted by molar-refractivity contribution is 0.160. The van der Waals surface area contributed by atoms with Crippen molar-refractivity contribution in [3.05, 3.63) is 71.5 Å². The second-order valence-corrected chi connectivity index (χ2v) is 9.02. The topological polar surface area (TPSA) is 73.1 Å². The zero-order chi connectivity index (χ0) is 22.9. The molecule has 5 rings (SSSR count). The molecule has 6 heteroatoms. The minimum atomic E-state index is -0.191. The highest BCUT2D eigenvalue weighted by atomic mass is 16.5. The number of hydrogen-bond acceptors (Lipinski definition) is 5. The van der Waals surface area contributed by atoms with E-state index in [2.05, 4.69) is 24.2 Å². The molecule has 0 aliphatic heterocycles. The van der Waals surface area contributed by atoms with Crippen LogP contribution in [0.2, 0.25) is 0 Å². The van der Waals surface area contributed by atoms with E-state index in [1.165, 1.54) is 11.1 Å². The van der Waals surface area contributed by atoms with Gasteiger partial charge in [0.05, 0.1) is 41.7 Å². The number of rotatable bonds is 4. The average molecular weight is 443 g/mol. The molecule has 0 amide bonds. The van der Waals surface area contributed by atoms with Crippen molar-refractivity contribution in [1.29, 1.82) is 0 Å². The van der Waals surface area contributed by atoms with E-state index < -0.39 is 0 Å². The Morgan fingerprint density at radius 1 is 1.09 bits per heavy atom. The van der Waals surface area contributed by atoms with Crippen molar-refractivity contribution in [2.45, 2.75) is 52.1 Å². The first-order valence-corrected chi connectivity index (χ1v) is 11.6. The third-order valence-electron chi connectivity index (χ3n) is 6.82. The number of nitrogens with zero attached hydrogens (tertiary/aromatic N) is 4. The van der Waals surface area contributed by atoms with Gasteiger partial charge in [-0.05, 0) is 75.6 Å². The van der Waals surface area contributed by atoms with Gasteiger partial charge in [0.25, 0.3) is 0 Å². The highest BCUT2D eigenvalue weighted by Gasteiger charge is 2.25. The third kappa shape index (κ3) is 4.23. The number of aryl methyl sites for hydroxylation is 1. The molecule has 0 bridgehead atoms. The fraction of sp³-hybridized carbons (Fsp3) is 0.370. The maximum absolute atomic E-state index is 9.88. The molecule has 0 fully saturated rings. The molecule has 2 aliphatic rings. The molecule has 2 aromatic heterocycles. The van der Waals surface area contributed by atoms with Crippen LogP contribution in [0, 0.1) is 12.8 Å². The van der Waals surface area contributed by atoms with Crippen LogP contribution in [0.15, 0.2) is 54.4 Å². The number of methoxy groups -OCH3 is 1. The molecule has 33 heavy (non-hydrogen) atoms. The van der Waals surface area contributed by atoms with Gasteiger partial charge in [0, 0.05) is 24.0 Å². The van der Waals surface area contributed by atoms with E-state index in [0.29, 0.717) is 5.92 Å². The van der Waals surface area contributed by atoms with Gasteiger partial charge in [-0.3, -0.25) is 4.98 Å². The predicted octanol–water partition coefficient (Wildman–Crippen LogP) is 5.08. The summed E-state index contributed by atoms with van der Waals surface area (Å²) in [5.41, 5.74) is 8.29. The summed E-state index contributed by atoms with van der Waals surface area (Å²) >= 11 is 0. The smallest absolute Gasteiger partial charge is 0.130 e. The first kappa shape index (κ1) is 21.6. The lowest BCUT2D eigenvalue weighted by atomic mass is 9.84. The van der Waals surface area contributed by atoms with Crippen LogP contribution >= 0.6 is 0 Å². The average Bonchev–Trinajstić information content (AvgIpc) is 3.32. The minimum absolute atomic E-state index is 0.191. The quantitative estimate of drug-likeness (QED) is 0.570. The van der Waals surface area contributed by atoms with Gasteiger partial charge < -0.3 is 9.84 Å².